The van der Waals surface area contributed by atoms with Crippen LogP contribution in [0.1, 0.15) is 37.3 Å². The van der Waals surface area contributed by atoms with Gasteiger partial charge in [0.15, 0.2) is 0 Å². The van der Waals surface area contributed by atoms with Crippen LogP contribution in [-0.4, -0.2) is 25.2 Å². The largest absolute Gasteiger partial charge is 0.371 e. The summed E-state index contributed by atoms with van der Waals surface area (Å²) in [6, 6.07) is 8.61. The molecule has 1 atom stereocenters. The lowest BCUT2D eigenvalue weighted by Crippen LogP contribution is -2.36. The Balaban J connectivity index is 1.88. The van der Waals surface area contributed by atoms with Crippen molar-refractivity contribution in [2.24, 2.45) is 0 Å². The number of benzene rings is 1. The van der Waals surface area contributed by atoms with Crippen molar-refractivity contribution in [2.75, 3.05) is 13.7 Å². The molecule has 1 amide bonds. The van der Waals surface area contributed by atoms with Crippen LogP contribution >= 0.6 is 0 Å². The zero-order valence-electron chi connectivity index (χ0n) is 12.2. The Hall–Kier alpha value is -1.61. The molecule has 0 bridgehead atoms. The van der Waals surface area contributed by atoms with Gasteiger partial charge in [-0.15, -0.1) is 0 Å². The lowest BCUT2D eigenvalue weighted by molar-refractivity contribution is -0.122. The SMILES string of the molecule is CNC(=O)CCC1(C)OCCC2=C1Cc1ccccc12. The van der Waals surface area contributed by atoms with Crippen molar-refractivity contribution < 1.29 is 9.53 Å². The summed E-state index contributed by atoms with van der Waals surface area (Å²) in [5.74, 6) is 0.0815. The lowest BCUT2D eigenvalue weighted by atomic mass is 9.84. The Labute approximate surface area is 120 Å². The molecule has 106 valence electrons. The molecule has 1 aromatic carbocycles. The molecule has 1 heterocycles. The Morgan fingerprint density at radius 2 is 2.20 bits per heavy atom. The van der Waals surface area contributed by atoms with Crippen LogP contribution in [0.4, 0.5) is 0 Å². The molecular formula is C17H21NO2. The van der Waals surface area contributed by atoms with E-state index in [0.29, 0.717) is 6.42 Å². The number of ether oxygens (including phenoxy) is 1. The van der Waals surface area contributed by atoms with E-state index < -0.39 is 0 Å². The third-order valence-corrected chi connectivity index (χ3v) is 4.59. The Morgan fingerprint density at radius 1 is 1.40 bits per heavy atom. The highest BCUT2D eigenvalue weighted by molar-refractivity contribution is 5.79. The lowest BCUT2D eigenvalue weighted by Gasteiger charge is -2.36. The van der Waals surface area contributed by atoms with E-state index in [0.717, 1.165) is 25.9 Å². The quantitative estimate of drug-likeness (QED) is 0.918. The van der Waals surface area contributed by atoms with Gasteiger partial charge in [0.1, 0.15) is 0 Å². The molecule has 1 aromatic rings. The van der Waals surface area contributed by atoms with E-state index >= 15 is 0 Å². The normalized spacial score (nSPS) is 24.3. The molecular weight excluding hydrogens is 250 g/mol. The first-order valence-electron chi connectivity index (χ1n) is 7.29. The Kier molecular flexibility index (Phi) is 3.38. The van der Waals surface area contributed by atoms with Crippen LogP contribution in [0, 0.1) is 0 Å². The third-order valence-electron chi connectivity index (χ3n) is 4.59. The standard InChI is InChI=1S/C17H21NO2/c1-17(9-7-16(19)18-2)15-11-12-5-3-4-6-13(12)14(15)8-10-20-17/h3-6H,7-11H2,1-2H3,(H,18,19). The van der Waals surface area contributed by atoms with Gasteiger partial charge in [-0.2, -0.15) is 0 Å². The summed E-state index contributed by atoms with van der Waals surface area (Å²) in [7, 11) is 1.68. The fraction of sp³-hybridized carbons (Fsp3) is 0.471. The topological polar surface area (TPSA) is 38.3 Å². The monoisotopic (exact) mass is 271 g/mol. The second-order valence-electron chi connectivity index (χ2n) is 5.79. The van der Waals surface area contributed by atoms with E-state index in [1.165, 1.54) is 22.3 Å². The smallest absolute Gasteiger partial charge is 0.219 e. The molecule has 1 aliphatic heterocycles. The molecule has 0 fully saturated rings. The van der Waals surface area contributed by atoms with Gasteiger partial charge in [0.2, 0.25) is 5.91 Å². The van der Waals surface area contributed by atoms with Crippen molar-refractivity contribution in [3.8, 4) is 0 Å². The predicted octanol–water partition coefficient (Wildman–Crippen LogP) is 2.70. The van der Waals surface area contributed by atoms with Crippen LogP contribution < -0.4 is 5.32 Å². The summed E-state index contributed by atoms with van der Waals surface area (Å²) in [4.78, 5) is 11.5. The number of carbonyl (C=O) groups is 1. The van der Waals surface area contributed by atoms with Crippen molar-refractivity contribution in [1.82, 2.24) is 5.32 Å². The van der Waals surface area contributed by atoms with Crippen molar-refractivity contribution in [1.29, 1.82) is 0 Å². The summed E-state index contributed by atoms with van der Waals surface area (Å²) < 4.78 is 6.07. The number of hydrogen-bond acceptors (Lipinski definition) is 2. The minimum absolute atomic E-state index is 0.0815. The average Bonchev–Trinajstić information content (AvgIpc) is 2.86. The van der Waals surface area contributed by atoms with E-state index in [2.05, 4.69) is 36.5 Å². The fourth-order valence-electron chi connectivity index (χ4n) is 3.39. The van der Waals surface area contributed by atoms with E-state index in [9.17, 15) is 4.79 Å². The van der Waals surface area contributed by atoms with E-state index in [-0.39, 0.29) is 11.5 Å². The Morgan fingerprint density at radius 3 is 3.00 bits per heavy atom. The zero-order valence-corrected chi connectivity index (χ0v) is 12.2. The van der Waals surface area contributed by atoms with E-state index in [4.69, 9.17) is 4.74 Å². The summed E-state index contributed by atoms with van der Waals surface area (Å²) in [6.07, 6.45) is 3.22. The van der Waals surface area contributed by atoms with Crippen LogP contribution in [0.25, 0.3) is 5.57 Å². The first-order chi connectivity index (χ1) is 9.64. The molecule has 0 radical (unpaired) electrons. The van der Waals surface area contributed by atoms with Crippen molar-refractivity contribution >= 4 is 11.5 Å². The minimum Gasteiger partial charge on any atom is -0.371 e. The minimum atomic E-state index is -0.293. The molecule has 0 spiro atoms. The highest BCUT2D eigenvalue weighted by Crippen LogP contribution is 2.45. The molecule has 3 rings (SSSR count). The number of carbonyl (C=O) groups excluding carboxylic acids is 1. The van der Waals surface area contributed by atoms with Crippen LogP contribution in [0.3, 0.4) is 0 Å². The highest BCUT2D eigenvalue weighted by Gasteiger charge is 2.39. The van der Waals surface area contributed by atoms with Gasteiger partial charge in [-0.05, 0) is 48.5 Å². The van der Waals surface area contributed by atoms with Gasteiger partial charge in [0.05, 0.1) is 12.2 Å². The van der Waals surface area contributed by atoms with Gasteiger partial charge in [-0.1, -0.05) is 24.3 Å². The second kappa shape index (κ2) is 5.06. The molecule has 1 N–H and O–H groups in total. The van der Waals surface area contributed by atoms with Crippen molar-refractivity contribution in [3.63, 3.8) is 0 Å². The van der Waals surface area contributed by atoms with Crippen LogP contribution in [0.15, 0.2) is 29.8 Å². The molecule has 20 heavy (non-hydrogen) atoms. The molecule has 0 saturated heterocycles. The maximum atomic E-state index is 11.5. The van der Waals surface area contributed by atoms with Gasteiger partial charge in [0.25, 0.3) is 0 Å². The molecule has 1 aliphatic carbocycles. The molecule has 0 aromatic heterocycles. The predicted molar refractivity (Wildman–Crippen MR) is 79.3 cm³/mol. The third kappa shape index (κ3) is 2.16. The molecule has 2 aliphatic rings. The van der Waals surface area contributed by atoms with Crippen molar-refractivity contribution in [3.05, 3.63) is 41.0 Å². The van der Waals surface area contributed by atoms with E-state index in [1.54, 1.807) is 7.05 Å². The molecule has 3 nitrogen and oxygen atoms in total. The summed E-state index contributed by atoms with van der Waals surface area (Å²) in [5.41, 5.74) is 5.32. The number of amides is 1. The maximum Gasteiger partial charge on any atom is 0.219 e. The first-order valence-corrected chi connectivity index (χ1v) is 7.29. The fourth-order valence-corrected chi connectivity index (χ4v) is 3.39. The molecule has 3 heteroatoms. The van der Waals surface area contributed by atoms with Crippen LogP contribution in [0.2, 0.25) is 0 Å². The number of fused-ring (bicyclic) bond motifs is 2. The average molecular weight is 271 g/mol. The zero-order chi connectivity index (χ0) is 14.2. The number of nitrogens with one attached hydrogen (secondary N) is 1. The van der Waals surface area contributed by atoms with Gasteiger partial charge in [-0.3, -0.25) is 4.79 Å². The molecule has 1 unspecified atom stereocenters. The van der Waals surface area contributed by atoms with Crippen LogP contribution in [-0.2, 0) is 16.0 Å². The summed E-state index contributed by atoms with van der Waals surface area (Å²) in [6.45, 7) is 2.88. The molecule has 0 saturated carbocycles. The van der Waals surface area contributed by atoms with Crippen molar-refractivity contribution in [2.45, 2.75) is 38.2 Å². The number of hydrogen-bond donors (Lipinski definition) is 1. The van der Waals surface area contributed by atoms with E-state index in [1.807, 2.05) is 0 Å². The van der Waals surface area contributed by atoms with Gasteiger partial charge >= 0.3 is 0 Å². The first kappa shape index (κ1) is 13.4. The number of rotatable bonds is 3. The highest BCUT2D eigenvalue weighted by atomic mass is 16.5. The van der Waals surface area contributed by atoms with Gasteiger partial charge in [0, 0.05) is 13.5 Å². The summed E-state index contributed by atoms with van der Waals surface area (Å²) in [5, 5.41) is 2.69. The summed E-state index contributed by atoms with van der Waals surface area (Å²) >= 11 is 0. The van der Waals surface area contributed by atoms with Crippen LogP contribution in [0.5, 0.6) is 0 Å². The maximum absolute atomic E-state index is 11.5. The van der Waals surface area contributed by atoms with Gasteiger partial charge < -0.3 is 10.1 Å². The Bertz CT molecular complexity index is 576. The second-order valence-corrected chi connectivity index (χ2v) is 5.79. The van der Waals surface area contributed by atoms with Gasteiger partial charge in [-0.25, -0.2) is 0 Å².